The van der Waals surface area contributed by atoms with Gasteiger partial charge in [-0.25, -0.2) is 0 Å². The molecule has 0 atom stereocenters. The molecule has 0 aromatic carbocycles. The van der Waals surface area contributed by atoms with Gasteiger partial charge in [-0.15, -0.1) is 0 Å². The molecule has 0 heterocycles. The van der Waals surface area contributed by atoms with E-state index in [4.69, 9.17) is 9.84 Å². The first-order valence-electron chi connectivity index (χ1n) is 4.70. The van der Waals surface area contributed by atoms with Crippen molar-refractivity contribution in [3.63, 3.8) is 0 Å². The van der Waals surface area contributed by atoms with Crippen LogP contribution in [0.2, 0.25) is 0 Å². The van der Waals surface area contributed by atoms with E-state index >= 15 is 0 Å². The average Bonchev–Trinajstić information content (AvgIpc) is 2.02. The molecule has 0 aliphatic rings. The van der Waals surface area contributed by atoms with Crippen LogP contribution in [0.15, 0.2) is 0 Å². The highest BCUT2D eigenvalue weighted by Gasteiger charge is 1.92. The largest absolute Gasteiger partial charge is 0.395 e. The summed E-state index contributed by atoms with van der Waals surface area (Å²) in [5, 5.41) is 11.6. The van der Waals surface area contributed by atoms with Crippen LogP contribution >= 0.6 is 0 Å². The van der Waals surface area contributed by atoms with Crippen molar-refractivity contribution in [2.45, 2.75) is 32.8 Å². The molecular formula is C9H21NO2. The maximum absolute atomic E-state index is 8.45. The van der Waals surface area contributed by atoms with Crippen LogP contribution in [0, 0.1) is 0 Å². The molecule has 0 bridgehead atoms. The highest BCUT2D eigenvalue weighted by atomic mass is 16.5. The molecular weight excluding hydrogens is 154 g/mol. The van der Waals surface area contributed by atoms with Crippen LogP contribution in [0.1, 0.15) is 26.7 Å². The Morgan fingerprint density at radius 2 is 2.00 bits per heavy atom. The SMILES string of the molecule is CC(C)OCCCCNCCO. The molecule has 0 aromatic heterocycles. The van der Waals surface area contributed by atoms with Gasteiger partial charge in [0.2, 0.25) is 0 Å². The zero-order valence-electron chi connectivity index (χ0n) is 8.18. The van der Waals surface area contributed by atoms with E-state index in [-0.39, 0.29) is 6.61 Å². The van der Waals surface area contributed by atoms with E-state index in [1.54, 1.807) is 0 Å². The molecule has 0 amide bonds. The summed E-state index contributed by atoms with van der Waals surface area (Å²) in [6.45, 7) is 6.84. The topological polar surface area (TPSA) is 41.5 Å². The minimum atomic E-state index is 0.225. The normalized spacial score (nSPS) is 11.0. The Morgan fingerprint density at radius 3 is 2.58 bits per heavy atom. The zero-order chi connectivity index (χ0) is 9.23. The van der Waals surface area contributed by atoms with Crippen molar-refractivity contribution in [3.05, 3.63) is 0 Å². The van der Waals surface area contributed by atoms with Gasteiger partial charge in [0.05, 0.1) is 12.7 Å². The van der Waals surface area contributed by atoms with Crippen molar-refractivity contribution in [1.82, 2.24) is 5.32 Å². The lowest BCUT2D eigenvalue weighted by Gasteiger charge is -2.07. The van der Waals surface area contributed by atoms with Gasteiger partial charge in [0, 0.05) is 13.2 Å². The Morgan fingerprint density at radius 1 is 1.25 bits per heavy atom. The van der Waals surface area contributed by atoms with Crippen LogP contribution in [0.4, 0.5) is 0 Å². The van der Waals surface area contributed by atoms with Gasteiger partial charge in [-0.05, 0) is 33.2 Å². The summed E-state index contributed by atoms with van der Waals surface area (Å²) in [4.78, 5) is 0. The maximum Gasteiger partial charge on any atom is 0.0555 e. The standard InChI is InChI=1S/C9H21NO2/c1-9(2)12-8-4-3-5-10-6-7-11/h9-11H,3-8H2,1-2H3. The van der Waals surface area contributed by atoms with E-state index in [0.717, 1.165) is 26.0 Å². The molecule has 12 heavy (non-hydrogen) atoms. The number of unbranched alkanes of at least 4 members (excludes halogenated alkanes) is 1. The quantitative estimate of drug-likeness (QED) is 0.535. The van der Waals surface area contributed by atoms with Crippen LogP contribution in [0.3, 0.4) is 0 Å². The van der Waals surface area contributed by atoms with Crippen LogP contribution in [-0.4, -0.2) is 37.5 Å². The Labute approximate surface area is 75.1 Å². The number of nitrogens with one attached hydrogen (secondary N) is 1. The summed E-state index contributed by atoms with van der Waals surface area (Å²) in [5.41, 5.74) is 0. The molecule has 0 aliphatic carbocycles. The minimum Gasteiger partial charge on any atom is -0.395 e. The first-order chi connectivity index (χ1) is 5.77. The molecule has 0 rings (SSSR count). The predicted molar refractivity (Wildman–Crippen MR) is 50.3 cm³/mol. The summed E-state index contributed by atoms with van der Waals surface area (Å²) >= 11 is 0. The number of aliphatic hydroxyl groups excluding tert-OH is 1. The molecule has 0 saturated carbocycles. The summed E-state index contributed by atoms with van der Waals surface area (Å²) in [6.07, 6.45) is 2.55. The fraction of sp³-hybridized carbons (Fsp3) is 1.00. The molecule has 0 saturated heterocycles. The second kappa shape index (κ2) is 8.97. The van der Waals surface area contributed by atoms with E-state index in [2.05, 4.69) is 5.32 Å². The summed E-state index contributed by atoms with van der Waals surface area (Å²) in [7, 11) is 0. The van der Waals surface area contributed by atoms with Gasteiger partial charge in [-0.2, -0.15) is 0 Å². The smallest absolute Gasteiger partial charge is 0.0555 e. The molecule has 0 aromatic rings. The van der Waals surface area contributed by atoms with Gasteiger partial charge in [-0.3, -0.25) is 0 Å². The second-order valence-corrected chi connectivity index (χ2v) is 3.10. The maximum atomic E-state index is 8.45. The highest BCUT2D eigenvalue weighted by molar-refractivity contribution is 4.47. The summed E-state index contributed by atoms with van der Waals surface area (Å²) in [5.74, 6) is 0. The lowest BCUT2D eigenvalue weighted by molar-refractivity contribution is 0.0760. The lowest BCUT2D eigenvalue weighted by atomic mass is 10.3. The third kappa shape index (κ3) is 9.88. The lowest BCUT2D eigenvalue weighted by Crippen LogP contribution is -2.19. The zero-order valence-corrected chi connectivity index (χ0v) is 8.18. The first-order valence-corrected chi connectivity index (χ1v) is 4.70. The highest BCUT2D eigenvalue weighted by Crippen LogP contribution is 1.92. The van der Waals surface area contributed by atoms with E-state index in [9.17, 15) is 0 Å². The monoisotopic (exact) mass is 175 g/mol. The third-order valence-corrected chi connectivity index (χ3v) is 1.49. The van der Waals surface area contributed by atoms with Crippen molar-refractivity contribution < 1.29 is 9.84 Å². The molecule has 0 spiro atoms. The fourth-order valence-corrected chi connectivity index (χ4v) is 0.875. The van der Waals surface area contributed by atoms with Crippen molar-refractivity contribution in [2.24, 2.45) is 0 Å². The fourth-order valence-electron chi connectivity index (χ4n) is 0.875. The van der Waals surface area contributed by atoms with Gasteiger partial charge in [-0.1, -0.05) is 0 Å². The summed E-state index contributed by atoms with van der Waals surface area (Å²) in [6, 6.07) is 0. The Hall–Kier alpha value is -0.120. The first kappa shape index (κ1) is 11.9. The number of aliphatic hydroxyl groups is 1. The Balaban J connectivity index is 2.82. The third-order valence-electron chi connectivity index (χ3n) is 1.49. The number of ether oxygens (including phenoxy) is 1. The number of rotatable bonds is 8. The van der Waals surface area contributed by atoms with Crippen LogP contribution in [0.5, 0.6) is 0 Å². The average molecular weight is 175 g/mol. The van der Waals surface area contributed by atoms with Gasteiger partial charge >= 0.3 is 0 Å². The molecule has 0 unspecified atom stereocenters. The molecule has 0 radical (unpaired) electrons. The molecule has 3 heteroatoms. The van der Waals surface area contributed by atoms with Crippen molar-refractivity contribution >= 4 is 0 Å². The van der Waals surface area contributed by atoms with Crippen LogP contribution in [-0.2, 0) is 4.74 Å². The van der Waals surface area contributed by atoms with Gasteiger partial charge in [0.1, 0.15) is 0 Å². The Bertz CT molecular complexity index is 86.6. The van der Waals surface area contributed by atoms with Crippen LogP contribution in [0.25, 0.3) is 0 Å². The van der Waals surface area contributed by atoms with Crippen molar-refractivity contribution in [2.75, 3.05) is 26.3 Å². The molecule has 0 aliphatic heterocycles. The van der Waals surface area contributed by atoms with Crippen molar-refractivity contribution in [1.29, 1.82) is 0 Å². The van der Waals surface area contributed by atoms with Gasteiger partial charge in [0.15, 0.2) is 0 Å². The number of hydrogen-bond donors (Lipinski definition) is 2. The van der Waals surface area contributed by atoms with E-state index < -0.39 is 0 Å². The van der Waals surface area contributed by atoms with Crippen molar-refractivity contribution in [3.8, 4) is 0 Å². The van der Waals surface area contributed by atoms with E-state index in [1.807, 2.05) is 13.8 Å². The van der Waals surface area contributed by atoms with Crippen LogP contribution < -0.4 is 5.32 Å². The molecule has 0 fully saturated rings. The number of hydrogen-bond acceptors (Lipinski definition) is 3. The molecule has 2 N–H and O–H groups in total. The second-order valence-electron chi connectivity index (χ2n) is 3.10. The van der Waals surface area contributed by atoms with Gasteiger partial charge < -0.3 is 15.2 Å². The van der Waals surface area contributed by atoms with E-state index in [0.29, 0.717) is 12.6 Å². The molecule has 74 valence electrons. The molecule has 3 nitrogen and oxygen atoms in total. The van der Waals surface area contributed by atoms with Gasteiger partial charge in [0.25, 0.3) is 0 Å². The van der Waals surface area contributed by atoms with E-state index in [1.165, 1.54) is 0 Å². The predicted octanol–water partition coefficient (Wildman–Crippen LogP) is 0.774. The Kier molecular flexibility index (Phi) is 8.88. The minimum absolute atomic E-state index is 0.225. The summed E-state index contributed by atoms with van der Waals surface area (Å²) < 4.78 is 5.37.